The Bertz CT molecular complexity index is 911. The van der Waals surface area contributed by atoms with Crippen LogP contribution in [0.25, 0.3) is 6.08 Å². The summed E-state index contributed by atoms with van der Waals surface area (Å²) in [6.45, 7) is 2.55. The van der Waals surface area contributed by atoms with E-state index in [1.54, 1.807) is 12.1 Å². The molecule has 2 heterocycles. The number of anilines is 2. The lowest BCUT2D eigenvalue weighted by Crippen LogP contribution is -2.36. The van der Waals surface area contributed by atoms with Crippen molar-refractivity contribution in [3.63, 3.8) is 0 Å². The molecule has 0 atom stereocenters. The summed E-state index contributed by atoms with van der Waals surface area (Å²) in [6, 6.07) is 14.3. The van der Waals surface area contributed by atoms with Gasteiger partial charge in [-0.05, 0) is 35.9 Å². The quantitative estimate of drug-likeness (QED) is 0.573. The van der Waals surface area contributed by atoms with E-state index >= 15 is 0 Å². The number of carbonyl (C=O) groups is 1. The van der Waals surface area contributed by atoms with Crippen LogP contribution in [0, 0.1) is 5.82 Å². The lowest BCUT2D eigenvalue weighted by molar-refractivity contribution is -0.113. The smallest absolute Gasteiger partial charge is 0.270 e. The Labute approximate surface area is 166 Å². The number of thiocarbonyl (C=S) groups is 1. The fourth-order valence-corrected chi connectivity index (χ4v) is 4.39. The molecule has 4 nitrogen and oxygen atoms in total. The second-order valence-corrected chi connectivity index (χ2v) is 7.84. The highest BCUT2D eigenvalue weighted by Gasteiger charge is 2.33. The summed E-state index contributed by atoms with van der Waals surface area (Å²) >= 11 is 6.59. The Morgan fingerprint density at radius 1 is 1.11 bits per heavy atom. The van der Waals surface area contributed by atoms with Gasteiger partial charge in [0.05, 0.1) is 29.5 Å². The third-order valence-corrected chi connectivity index (χ3v) is 5.73. The molecular formula is C20H17FN2O2S2. The van der Waals surface area contributed by atoms with Gasteiger partial charge in [0.15, 0.2) is 4.32 Å². The Hall–Kier alpha value is -2.22. The van der Waals surface area contributed by atoms with E-state index in [2.05, 4.69) is 0 Å². The third-order valence-electron chi connectivity index (χ3n) is 4.43. The minimum atomic E-state index is -0.302. The molecule has 0 spiro atoms. The number of benzene rings is 2. The molecule has 0 saturated carbocycles. The molecule has 0 aromatic heterocycles. The van der Waals surface area contributed by atoms with Crippen molar-refractivity contribution in [2.75, 3.05) is 36.1 Å². The van der Waals surface area contributed by atoms with Crippen molar-refractivity contribution in [3.8, 4) is 0 Å². The first kappa shape index (κ1) is 18.2. The number of morpholine rings is 1. The molecule has 2 aliphatic rings. The van der Waals surface area contributed by atoms with Gasteiger partial charge >= 0.3 is 0 Å². The third kappa shape index (κ3) is 3.76. The lowest BCUT2D eigenvalue weighted by atomic mass is 10.1. The highest BCUT2D eigenvalue weighted by atomic mass is 32.2. The Morgan fingerprint density at radius 3 is 2.56 bits per heavy atom. The van der Waals surface area contributed by atoms with Gasteiger partial charge in [-0.1, -0.05) is 48.2 Å². The molecule has 2 aliphatic heterocycles. The average Bonchev–Trinajstić information content (AvgIpc) is 2.96. The summed E-state index contributed by atoms with van der Waals surface area (Å²) in [7, 11) is 0. The van der Waals surface area contributed by atoms with Crippen LogP contribution in [-0.4, -0.2) is 36.5 Å². The van der Waals surface area contributed by atoms with Gasteiger partial charge < -0.3 is 9.64 Å². The zero-order valence-corrected chi connectivity index (χ0v) is 16.1. The van der Waals surface area contributed by atoms with Crippen LogP contribution >= 0.6 is 24.0 Å². The van der Waals surface area contributed by atoms with Crippen molar-refractivity contribution >= 4 is 51.7 Å². The topological polar surface area (TPSA) is 32.8 Å². The van der Waals surface area contributed by atoms with Gasteiger partial charge in [0.25, 0.3) is 5.91 Å². The summed E-state index contributed by atoms with van der Waals surface area (Å²) in [5.41, 5.74) is 1.93. The maximum absolute atomic E-state index is 14.6. The van der Waals surface area contributed by atoms with E-state index in [4.69, 9.17) is 17.0 Å². The van der Waals surface area contributed by atoms with Crippen LogP contribution in [0.4, 0.5) is 15.8 Å². The van der Waals surface area contributed by atoms with E-state index in [9.17, 15) is 9.18 Å². The van der Waals surface area contributed by atoms with E-state index in [1.807, 2.05) is 41.3 Å². The molecule has 0 bridgehead atoms. The van der Waals surface area contributed by atoms with Gasteiger partial charge in [-0.3, -0.25) is 9.69 Å². The number of hydrogen-bond donors (Lipinski definition) is 0. The van der Waals surface area contributed by atoms with E-state index in [0.717, 1.165) is 5.69 Å². The van der Waals surface area contributed by atoms with Crippen LogP contribution in [0.5, 0.6) is 0 Å². The maximum atomic E-state index is 14.6. The summed E-state index contributed by atoms with van der Waals surface area (Å²) in [5, 5.41) is 0. The van der Waals surface area contributed by atoms with E-state index in [0.29, 0.717) is 46.8 Å². The molecule has 2 saturated heterocycles. The molecule has 7 heteroatoms. The van der Waals surface area contributed by atoms with Crippen LogP contribution in [0.2, 0.25) is 0 Å². The first-order valence-electron chi connectivity index (χ1n) is 8.59. The fourth-order valence-electron chi connectivity index (χ4n) is 3.09. The number of amides is 1. The number of thioether (sulfide) groups is 1. The highest BCUT2D eigenvalue weighted by Crippen LogP contribution is 2.36. The monoisotopic (exact) mass is 400 g/mol. The van der Waals surface area contributed by atoms with Gasteiger partial charge in [0.1, 0.15) is 5.82 Å². The van der Waals surface area contributed by atoms with E-state index in [1.165, 1.54) is 22.7 Å². The first-order valence-corrected chi connectivity index (χ1v) is 9.81. The summed E-state index contributed by atoms with van der Waals surface area (Å²) in [5.74, 6) is -0.488. The lowest BCUT2D eigenvalue weighted by Gasteiger charge is -2.29. The summed E-state index contributed by atoms with van der Waals surface area (Å²) in [4.78, 5) is 16.7. The number of halogens is 1. The van der Waals surface area contributed by atoms with Crippen molar-refractivity contribution in [2.24, 2.45) is 0 Å². The molecule has 138 valence electrons. The van der Waals surface area contributed by atoms with Crippen LogP contribution in [0.15, 0.2) is 53.4 Å². The molecule has 0 N–H and O–H groups in total. The standard InChI is InChI=1S/C20H17FN2O2S2/c21-16-12-14(6-7-17(16)22-8-10-25-11-9-22)13-18-19(24)23(20(26)27-18)15-4-2-1-3-5-15/h1-7,12-13H,8-11H2/b18-13-. The second-order valence-electron chi connectivity index (χ2n) is 6.16. The van der Waals surface area contributed by atoms with Gasteiger partial charge in [-0.2, -0.15) is 0 Å². The fraction of sp³-hybridized carbons (Fsp3) is 0.200. The molecule has 0 radical (unpaired) electrons. The molecular weight excluding hydrogens is 383 g/mol. The first-order chi connectivity index (χ1) is 13.1. The van der Waals surface area contributed by atoms with Crippen LogP contribution < -0.4 is 9.80 Å². The molecule has 2 aromatic rings. The second kappa shape index (κ2) is 7.80. The Balaban J connectivity index is 1.57. The largest absolute Gasteiger partial charge is 0.378 e. The predicted octanol–water partition coefficient (Wildman–Crippen LogP) is 4.07. The van der Waals surface area contributed by atoms with Gasteiger partial charge in [0.2, 0.25) is 0 Å². The Kier molecular flexibility index (Phi) is 5.24. The number of hydrogen-bond acceptors (Lipinski definition) is 5. The normalized spacial score (nSPS) is 19.2. The summed E-state index contributed by atoms with van der Waals surface area (Å²) in [6.07, 6.45) is 1.69. The van der Waals surface area contributed by atoms with Crippen molar-refractivity contribution in [2.45, 2.75) is 0 Å². The molecule has 4 rings (SSSR count). The molecule has 0 unspecified atom stereocenters. The van der Waals surface area contributed by atoms with Crippen molar-refractivity contribution in [1.29, 1.82) is 0 Å². The summed E-state index contributed by atoms with van der Waals surface area (Å²) < 4.78 is 20.4. The van der Waals surface area contributed by atoms with Gasteiger partial charge in [-0.25, -0.2) is 4.39 Å². The minimum absolute atomic E-state index is 0.186. The van der Waals surface area contributed by atoms with Crippen LogP contribution in [0.3, 0.4) is 0 Å². The van der Waals surface area contributed by atoms with Gasteiger partial charge in [-0.15, -0.1) is 0 Å². The van der Waals surface area contributed by atoms with Gasteiger partial charge in [0, 0.05) is 13.1 Å². The van der Waals surface area contributed by atoms with Crippen molar-refractivity contribution in [3.05, 3.63) is 64.8 Å². The number of carbonyl (C=O) groups excluding carboxylic acids is 1. The van der Waals surface area contributed by atoms with Crippen molar-refractivity contribution in [1.82, 2.24) is 0 Å². The number of nitrogens with zero attached hydrogens (tertiary/aromatic N) is 2. The molecule has 1 amide bonds. The number of ether oxygens (including phenoxy) is 1. The zero-order valence-electron chi connectivity index (χ0n) is 14.4. The minimum Gasteiger partial charge on any atom is -0.378 e. The maximum Gasteiger partial charge on any atom is 0.270 e. The number of para-hydroxylation sites is 1. The SMILES string of the molecule is O=C1/C(=C/c2ccc(N3CCOCC3)c(F)c2)SC(=S)N1c1ccccc1. The van der Waals surface area contributed by atoms with Crippen molar-refractivity contribution < 1.29 is 13.9 Å². The highest BCUT2D eigenvalue weighted by molar-refractivity contribution is 8.27. The average molecular weight is 400 g/mol. The van der Waals surface area contributed by atoms with Crippen LogP contribution in [0.1, 0.15) is 5.56 Å². The predicted molar refractivity (Wildman–Crippen MR) is 112 cm³/mol. The van der Waals surface area contributed by atoms with Crippen LogP contribution in [-0.2, 0) is 9.53 Å². The molecule has 27 heavy (non-hydrogen) atoms. The molecule has 2 aromatic carbocycles. The zero-order chi connectivity index (χ0) is 18.8. The van der Waals surface area contributed by atoms with E-state index < -0.39 is 0 Å². The molecule has 2 fully saturated rings. The Morgan fingerprint density at radius 2 is 1.85 bits per heavy atom. The molecule has 0 aliphatic carbocycles. The van der Waals surface area contributed by atoms with E-state index in [-0.39, 0.29) is 11.7 Å². The number of rotatable bonds is 3.